The molecule has 3 heterocycles. The van der Waals surface area contributed by atoms with E-state index in [9.17, 15) is 4.79 Å². The van der Waals surface area contributed by atoms with Gasteiger partial charge >= 0.3 is 0 Å². The molecule has 0 atom stereocenters. The van der Waals surface area contributed by atoms with E-state index in [1.807, 2.05) is 18.0 Å². The van der Waals surface area contributed by atoms with Gasteiger partial charge in [0.25, 0.3) is 0 Å². The minimum absolute atomic E-state index is 0. The van der Waals surface area contributed by atoms with Crippen LogP contribution in [0, 0.1) is 6.92 Å². The van der Waals surface area contributed by atoms with Gasteiger partial charge in [0, 0.05) is 49.1 Å². The molecule has 0 fully saturated rings. The zero-order valence-corrected chi connectivity index (χ0v) is 18.9. The predicted octanol–water partition coefficient (Wildman–Crippen LogP) is 2.77. The van der Waals surface area contributed by atoms with Crippen molar-refractivity contribution in [3.05, 3.63) is 38.0 Å². The number of amides is 1. The summed E-state index contributed by atoms with van der Waals surface area (Å²) >= 11 is 3.46. The molecule has 1 aliphatic rings. The third-order valence-corrected chi connectivity index (χ3v) is 6.03. The van der Waals surface area contributed by atoms with E-state index in [0.29, 0.717) is 25.5 Å². The van der Waals surface area contributed by atoms with Crippen molar-refractivity contribution < 1.29 is 4.79 Å². The van der Waals surface area contributed by atoms with Crippen molar-refractivity contribution in [1.82, 2.24) is 20.5 Å². The fourth-order valence-corrected chi connectivity index (χ4v) is 4.39. The molecule has 142 valence electrons. The molecule has 9 heteroatoms. The van der Waals surface area contributed by atoms with Crippen LogP contribution >= 0.6 is 46.7 Å². The van der Waals surface area contributed by atoms with Crippen LogP contribution in [0.2, 0.25) is 0 Å². The van der Waals surface area contributed by atoms with Crippen LogP contribution < -0.4 is 10.6 Å². The lowest BCUT2D eigenvalue weighted by atomic mass is 10.1. The second kappa shape index (κ2) is 10.2. The summed E-state index contributed by atoms with van der Waals surface area (Å²) in [7, 11) is 1.73. The maximum Gasteiger partial charge on any atom is 0.224 e. The van der Waals surface area contributed by atoms with Gasteiger partial charge in [0.15, 0.2) is 5.96 Å². The van der Waals surface area contributed by atoms with E-state index >= 15 is 0 Å². The smallest absolute Gasteiger partial charge is 0.224 e. The molecule has 0 spiro atoms. The van der Waals surface area contributed by atoms with Gasteiger partial charge in [-0.05, 0) is 30.4 Å². The fraction of sp³-hybridized carbons (Fsp3) is 0.471. The van der Waals surface area contributed by atoms with E-state index < -0.39 is 0 Å². The number of aryl methyl sites for hydroxylation is 1. The number of carbonyl (C=O) groups excluding carboxylic acids is 1. The average molecular weight is 505 g/mol. The molecular weight excluding hydrogens is 481 g/mol. The number of guanidine groups is 1. The zero-order chi connectivity index (χ0) is 17.6. The van der Waals surface area contributed by atoms with Crippen LogP contribution in [0.15, 0.2) is 22.6 Å². The Morgan fingerprint density at radius 2 is 2.27 bits per heavy atom. The largest absolute Gasteiger partial charge is 0.356 e. The second-order valence-corrected chi connectivity index (χ2v) is 8.22. The molecule has 2 aromatic heterocycles. The van der Waals surface area contributed by atoms with Crippen LogP contribution in [0.1, 0.15) is 26.7 Å². The van der Waals surface area contributed by atoms with E-state index in [2.05, 4.69) is 32.1 Å². The van der Waals surface area contributed by atoms with Crippen molar-refractivity contribution in [1.29, 1.82) is 0 Å². The summed E-state index contributed by atoms with van der Waals surface area (Å²) in [5.74, 6) is 0.884. The summed E-state index contributed by atoms with van der Waals surface area (Å²) < 4.78 is 0. The van der Waals surface area contributed by atoms with Crippen LogP contribution in [0.3, 0.4) is 0 Å². The first-order valence-corrected chi connectivity index (χ1v) is 10.0. The number of fused-ring (bicyclic) bond motifs is 1. The van der Waals surface area contributed by atoms with Crippen LogP contribution in [0.25, 0.3) is 0 Å². The molecule has 2 aromatic rings. The zero-order valence-electron chi connectivity index (χ0n) is 14.9. The molecule has 0 radical (unpaired) electrons. The van der Waals surface area contributed by atoms with Crippen LogP contribution in [0.4, 0.5) is 0 Å². The minimum atomic E-state index is 0. The number of thiophene rings is 1. The lowest BCUT2D eigenvalue weighted by Crippen LogP contribution is -2.40. The Kier molecular flexibility index (Phi) is 8.29. The number of halogens is 1. The summed E-state index contributed by atoms with van der Waals surface area (Å²) in [6.45, 7) is 4.82. The molecule has 26 heavy (non-hydrogen) atoms. The van der Waals surface area contributed by atoms with Gasteiger partial charge in [-0.15, -0.1) is 46.7 Å². The molecule has 0 bridgehead atoms. The standard InChI is InChI=1S/C17H23N5OS2.HI/c1-12-9-20-15(25-12)10-21-17(18-2)19-6-3-16(23)22-7-4-14-13(11-22)5-8-24-14;/h5,8-9H,3-4,6-7,10-11H2,1-2H3,(H2,18,19,21);1H. The number of thiazole rings is 1. The topological polar surface area (TPSA) is 69.6 Å². The van der Waals surface area contributed by atoms with Crippen molar-refractivity contribution in [3.8, 4) is 0 Å². The Hall–Kier alpha value is -1.20. The highest BCUT2D eigenvalue weighted by atomic mass is 127. The lowest BCUT2D eigenvalue weighted by molar-refractivity contribution is -0.131. The van der Waals surface area contributed by atoms with Crippen LogP contribution in [-0.2, 0) is 24.3 Å². The quantitative estimate of drug-likeness (QED) is 0.373. The second-order valence-electron chi connectivity index (χ2n) is 5.90. The van der Waals surface area contributed by atoms with Gasteiger partial charge in [-0.25, -0.2) is 4.98 Å². The highest BCUT2D eigenvalue weighted by Crippen LogP contribution is 2.24. The van der Waals surface area contributed by atoms with Crippen molar-refractivity contribution in [3.63, 3.8) is 0 Å². The number of aliphatic imine (C=N–C) groups is 1. The number of hydrogen-bond acceptors (Lipinski definition) is 5. The number of hydrogen-bond donors (Lipinski definition) is 2. The van der Waals surface area contributed by atoms with Gasteiger partial charge in [-0.3, -0.25) is 9.79 Å². The first-order valence-electron chi connectivity index (χ1n) is 8.34. The molecule has 0 aromatic carbocycles. The summed E-state index contributed by atoms with van der Waals surface area (Å²) in [5, 5.41) is 9.56. The van der Waals surface area contributed by atoms with E-state index in [-0.39, 0.29) is 29.9 Å². The Balaban J connectivity index is 0.00000243. The highest BCUT2D eigenvalue weighted by Gasteiger charge is 2.20. The van der Waals surface area contributed by atoms with Crippen molar-refractivity contribution >= 4 is 58.5 Å². The van der Waals surface area contributed by atoms with Gasteiger partial charge in [-0.1, -0.05) is 0 Å². The monoisotopic (exact) mass is 505 g/mol. The summed E-state index contributed by atoms with van der Waals surface area (Å²) in [6, 6.07) is 2.13. The van der Waals surface area contributed by atoms with Gasteiger partial charge in [0.2, 0.25) is 5.91 Å². The molecule has 1 amide bonds. The fourth-order valence-electron chi connectivity index (χ4n) is 2.77. The average Bonchev–Trinajstić information content (AvgIpc) is 3.25. The molecule has 1 aliphatic heterocycles. The Morgan fingerprint density at radius 1 is 1.42 bits per heavy atom. The van der Waals surface area contributed by atoms with Crippen molar-refractivity contribution in [2.45, 2.75) is 32.9 Å². The van der Waals surface area contributed by atoms with Gasteiger partial charge in [-0.2, -0.15) is 0 Å². The first kappa shape index (κ1) is 21.1. The Morgan fingerprint density at radius 3 is 3.00 bits per heavy atom. The lowest BCUT2D eigenvalue weighted by Gasteiger charge is -2.27. The maximum atomic E-state index is 12.4. The van der Waals surface area contributed by atoms with Crippen molar-refractivity contribution in [2.75, 3.05) is 20.1 Å². The summed E-state index contributed by atoms with van der Waals surface area (Å²) in [5.41, 5.74) is 1.30. The number of nitrogens with zero attached hydrogens (tertiary/aromatic N) is 3. The van der Waals surface area contributed by atoms with Gasteiger partial charge < -0.3 is 15.5 Å². The Labute approximate surface area is 179 Å². The molecule has 3 rings (SSSR count). The number of aromatic nitrogens is 1. The van der Waals surface area contributed by atoms with E-state index in [0.717, 1.165) is 24.5 Å². The molecule has 0 saturated heterocycles. The van der Waals surface area contributed by atoms with Crippen LogP contribution in [-0.4, -0.2) is 41.9 Å². The minimum Gasteiger partial charge on any atom is -0.356 e. The molecule has 6 nitrogen and oxygen atoms in total. The van der Waals surface area contributed by atoms with Gasteiger partial charge in [0.1, 0.15) is 5.01 Å². The number of nitrogens with one attached hydrogen (secondary N) is 2. The molecule has 0 unspecified atom stereocenters. The third-order valence-electron chi connectivity index (χ3n) is 4.09. The maximum absolute atomic E-state index is 12.4. The SMILES string of the molecule is CN=C(NCCC(=O)N1CCc2sccc2C1)NCc1ncc(C)s1.I. The molecule has 0 aliphatic carbocycles. The molecular formula is C17H24IN5OS2. The third kappa shape index (κ3) is 5.65. The van der Waals surface area contributed by atoms with Crippen molar-refractivity contribution in [2.24, 2.45) is 4.99 Å². The van der Waals surface area contributed by atoms with E-state index in [1.165, 1.54) is 15.3 Å². The highest BCUT2D eigenvalue weighted by molar-refractivity contribution is 14.0. The van der Waals surface area contributed by atoms with Crippen LogP contribution in [0.5, 0.6) is 0 Å². The number of carbonyl (C=O) groups is 1. The molecule has 0 saturated carbocycles. The summed E-state index contributed by atoms with van der Waals surface area (Å²) in [4.78, 5) is 25.5. The normalized spacial score (nSPS) is 13.8. The Bertz CT molecular complexity index is 758. The first-order chi connectivity index (χ1) is 12.2. The van der Waals surface area contributed by atoms with Gasteiger partial charge in [0.05, 0.1) is 6.54 Å². The summed E-state index contributed by atoms with van der Waals surface area (Å²) in [6.07, 6.45) is 3.31. The predicted molar refractivity (Wildman–Crippen MR) is 119 cm³/mol. The molecule has 2 N–H and O–H groups in total. The van der Waals surface area contributed by atoms with E-state index in [1.54, 1.807) is 29.7 Å². The number of rotatable bonds is 5. The van der Waals surface area contributed by atoms with E-state index in [4.69, 9.17) is 0 Å².